The van der Waals surface area contributed by atoms with Gasteiger partial charge in [-0.05, 0) is 45.3 Å². The molecule has 130 valence electrons. The van der Waals surface area contributed by atoms with Crippen LogP contribution < -0.4 is 5.32 Å². The molecule has 1 N–H and O–H groups in total. The van der Waals surface area contributed by atoms with Crippen LogP contribution in [0.2, 0.25) is 10.0 Å². The minimum Gasteiger partial charge on any atom is -0.325 e. The Morgan fingerprint density at radius 1 is 1.17 bits per heavy atom. The van der Waals surface area contributed by atoms with Gasteiger partial charge in [0.25, 0.3) is 0 Å². The summed E-state index contributed by atoms with van der Waals surface area (Å²) in [5.41, 5.74) is 0.464. The molecule has 0 saturated heterocycles. The van der Waals surface area contributed by atoms with Crippen molar-refractivity contribution >= 4 is 44.8 Å². The van der Waals surface area contributed by atoms with E-state index < -0.39 is 15.9 Å². The van der Waals surface area contributed by atoms with Gasteiger partial charge in [-0.15, -0.1) is 0 Å². The molecule has 9 heteroatoms. The predicted molar refractivity (Wildman–Crippen MR) is 94.7 cm³/mol. The molecule has 0 unspecified atom stereocenters. The number of benzene rings is 1. The Morgan fingerprint density at radius 2 is 1.83 bits per heavy atom. The quantitative estimate of drug-likeness (QED) is 0.748. The van der Waals surface area contributed by atoms with E-state index in [9.17, 15) is 13.2 Å². The largest absolute Gasteiger partial charge is 0.325 e. The summed E-state index contributed by atoms with van der Waals surface area (Å²) in [4.78, 5) is 14.0. The van der Waals surface area contributed by atoms with Crippen molar-refractivity contribution < 1.29 is 13.2 Å². The van der Waals surface area contributed by atoms with E-state index in [-0.39, 0.29) is 13.1 Å². The van der Waals surface area contributed by atoms with Gasteiger partial charge in [0.2, 0.25) is 15.9 Å². The molecule has 0 atom stereocenters. The van der Waals surface area contributed by atoms with Crippen LogP contribution in [0.15, 0.2) is 18.2 Å². The fourth-order valence-electron chi connectivity index (χ4n) is 1.86. The first-order valence-corrected chi connectivity index (χ1v) is 9.55. The highest BCUT2D eigenvalue weighted by atomic mass is 35.5. The molecule has 0 bridgehead atoms. The van der Waals surface area contributed by atoms with Crippen LogP contribution in [0.1, 0.15) is 6.42 Å². The monoisotopic (exact) mass is 381 g/mol. The average molecular weight is 382 g/mol. The lowest BCUT2D eigenvalue weighted by Gasteiger charge is -2.20. The van der Waals surface area contributed by atoms with Gasteiger partial charge in [-0.1, -0.05) is 23.2 Å². The van der Waals surface area contributed by atoms with E-state index in [1.165, 1.54) is 6.07 Å². The molecule has 1 aromatic rings. The Balaban J connectivity index is 2.67. The molecule has 1 rings (SSSR count). The smallest absolute Gasteiger partial charge is 0.239 e. The molecule has 0 fully saturated rings. The van der Waals surface area contributed by atoms with Crippen LogP contribution >= 0.6 is 23.2 Å². The summed E-state index contributed by atoms with van der Waals surface area (Å²) in [6, 6.07) is 4.67. The zero-order valence-electron chi connectivity index (χ0n) is 13.3. The number of nitrogens with zero attached hydrogens (tertiary/aromatic N) is 2. The number of carbonyl (C=O) groups excluding carboxylic acids is 1. The van der Waals surface area contributed by atoms with Gasteiger partial charge in [-0.3, -0.25) is 4.79 Å². The molecule has 0 aliphatic rings. The number of halogens is 2. The molecule has 0 spiro atoms. The van der Waals surface area contributed by atoms with Gasteiger partial charge in [-0.25, -0.2) is 8.42 Å². The summed E-state index contributed by atoms with van der Waals surface area (Å²) < 4.78 is 24.7. The summed E-state index contributed by atoms with van der Waals surface area (Å²) in [6.07, 6.45) is 1.73. The molecular formula is C14H21Cl2N3O3S. The summed E-state index contributed by atoms with van der Waals surface area (Å²) in [5.74, 6) is -0.432. The van der Waals surface area contributed by atoms with Crippen molar-refractivity contribution in [3.63, 3.8) is 0 Å². The lowest BCUT2D eigenvalue weighted by Crippen LogP contribution is -2.38. The maximum absolute atomic E-state index is 12.1. The van der Waals surface area contributed by atoms with E-state index in [0.29, 0.717) is 22.2 Å². The van der Waals surface area contributed by atoms with Gasteiger partial charge in [0, 0.05) is 12.2 Å². The van der Waals surface area contributed by atoms with Crippen LogP contribution in [0, 0.1) is 0 Å². The molecule has 0 saturated carbocycles. The molecule has 6 nitrogen and oxygen atoms in total. The van der Waals surface area contributed by atoms with Gasteiger partial charge in [0.05, 0.1) is 22.8 Å². The van der Waals surface area contributed by atoms with E-state index in [1.54, 1.807) is 12.1 Å². The second kappa shape index (κ2) is 8.84. The number of sulfonamides is 1. The van der Waals surface area contributed by atoms with Crippen LogP contribution in [0.4, 0.5) is 5.69 Å². The Kier molecular flexibility index (Phi) is 7.76. The SMILES string of the molecule is CN(C)CCCN(CC(=O)Nc1ccc(Cl)c(Cl)c1)S(C)(=O)=O. The summed E-state index contributed by atoms with van der Waals surface area (Å²) in [6.45, 7) is 0.777. The first kappa shape index (κ1) is 20.2. The number of rotatable bonds is 8. The lowest BCUT2D eigenvalue weighted by atomic mass is 10.3. The highest BCUT2D eigenvalue weighted by molar-refractivity contribution is 7.88. The molecule has 0 radical (unpaired) electrons. The van der Waals surface area contributed by atoms with Crippen LogP contribution in [-0.4, -0.2) is 63.5 Å². The molecule has 1 aromatic carbocycles. The molecule has 0 aliphatic heterocycles. The van der Waals surface area contributed by atoms with Gasteiger partial charge in [-0.2, -0.15) is 4.31 Å². The predicted octanol–water partition coefficient (Wildman–Crippen LogP) is 2.15. The number of carbonyl (C=O) groups is 1. The highest BCUT2D eigenvalue weighted by Crippen LogP contribution is 2.24. The lowest BCUT2D eigenvalue weighted by molar-refractivity contribution is -0.116. The Hall–Kier alpha value is -0.860. The van der Waals surface area contributed by atoms with Crippen LogP contribution in [0.5, 0.6) is 0 Å². The van der Waals surface area contributed by atoms with Crippen molar-refractivity contribution in [1.29, 1.82) is 0 Å². The van der Waals surface area contributed by atoms with E-state index in [1.807, 2.05) is 19.0 Å². The highest BCUT2D eigenvalue weighted by Gasteiger charge is 2.20. The van der Waals surface area contributed by atoms with Gasteiger partial charge < -0.3 is 10.2 Å². The van der Waals surface area contributed by atoms with E-state index in [2.05, 4.69) is 5.32 Å². The van der Waals surface area contributed by atoms with Crippen molar-refractivity contribution in [2.24, 2.45) is 0 Å². The minimum atomic E-state index is -3.46. The zero-order chi connectivity index (χ0) is 17.6. The van der Waals surface area contributed by atoms with Crippen molar-refractivity contribution in [1.82, 2.24) is 9.21 Å². The van der Waals surface area contributed by atoms with Crippen molar-refractivity contribution in [2.45, 2.75) is 6.42 Å². The first-order chi connectivity index (χ1) is 10.6. The standard InChI is InChI=1S/C14H21Cl2N3O3S/c1-18(2)7-4-8-19(23(3,21)22)10-14(20)17-11-5-6-12(15)13(16)9-11/h5-6,9H,4,7-8,10H2,1-3H3,(H,17,20). The van der Waals surface area contributed by atoms with Crippen molar-refractivity contribution in [3.8, 4) is 0 Å². The zero-order valence-corrected chi connectivity index (χ0v) is 15.7. The maximum Gasteiger partial charge on any atom is 0.239 e. The number of nitrogens with one attached hydrogen (secondary N) is 1. The summed E-state index contributed by atoms with van der Waals surface area (Å²) in [5, 5.41) is 3.31. The van der Waals surface area contributed by atoms with E-state index in [4.69, 9.17) is 23.2 Å². The third kappa shape index (κ3) is 7.50. The van der Waals surface area contributed by atoms with E-state index in [0.717, 1.165) is 17.1 Å². The normalized spacial score (nSPS) is 12.0. The summed E-state index contributed by atoms with van der Waals surface area (Å²) >= 11 is 11.7. The fraction of sp³-hybridized carbons (Fsp3) is 0.500. The Bertz CT molecular complexity index is 651. The Labute approximate surface area is 147 Å². The van der Waals surface area contributed by atoms with Gasteiger partial charge in [0.15, 0.2) is 0 Å². The summed E-state index contributed by atoms with van der Waals surface area (Å²) in [7, 11) is 0.351. The van der Waals surface area contributed by atoms with Crippen molar-refractivity contribution in [3.05, 3.63) is 28.2 Å². The van der Waals surface area contributed by atoms with Gasteiger partial charge >= 0.3 is 0 Å². The Morgan fingerprint density at radius 3 is 2.35 bits per heavy atom. The molecule has 0 aromatic heterocycles. The molecule has 0 heterocycles. The topological polar surface area (TPSA) is 69.7 Å². The van der Waals surface area contributed by atoms with Crippen LogP contribution in [0.3, 0.4) is 0 Å². The second-order valence-electron chi connectivity index (χ2n) is 5.43. The average Bonchev–Trinajstić information content (AvgIpc) is 2.40. The maximum atomic E-state index is 12.1. The molecule has 1 amide bonds. The minimum absolute atomic E-state index is 0.244. The van der Waals surface area contributed by atoms with Crippen LogP contribution in [-0.2, 0) is 14.8 Å². The van der Waals surface area contributed by atoms with E-state index >= 15 is 0 Å². The third-order valence-electron chi connectivity index (χ3n) is 3.01. The molecule has 23 heavy (non-hydrogen) atoms. The van der Waals surface area contributed by atoms with Crippen molar-refractivity contribution in [2.75, 3.05) is 45.3 Å². The number of anilines is 1. The second-order valence-corrected chi connectivity index (χ2v) is 8.23. The number of amides is 1. The first-order valence-electron chi connectivity index (χ1n) is 6.94. The number of hydrogen-bond acceptors (Lipinski definition) is 4. The number of hydrogen-bond donors (Lipinski definition) is 1. The van der Waals surface area contributed by atoms with Crippen LogP contribution in [0.25, 0.3) is 0 Å². The molecule has 0 aliphatic carbocycles. The van der Waals surface area contributed by atoms with Gasteiger partial charge in [0.1, 0.15) is 0 Å². The third-order valence-corrected chi connectivity index (χ3v) is 4.99. The fourth-order valence-corrected chi connectivity index (χ4v) is 2.97. The molecular weight excluding hydrogens is 361 g/mol.